The Hall–Kier alpha value is -1.06. The van der Waals surface area contributed by atoms with Crippen molar-refractivity contribution in [2.24, 2.45) is 11.1 Å². The highest BCUT2D eigenvalue weighted by Gasteiger charge is 2.32. The Morgan fingerprint density at radius 1 is 1.39 bits per heavy atom. The molecule has 3 nitrogen and oxygen atoms in total. The van der Waals surface area contributed by atoms with E-state index in [9.17, 15) is 0 Å². The smallest absolute Gasteiger partial charge is 0.0966 e. The van der Waals surface area contributed by atoms with E-state index in [4.69, 9.17) is 22.7 Å². The fraction of sp³-hybridized carbons (Fsp3) is 0.500. The van der Waals surface area contributed by atoms with Crippen molar-refractivity contribution in [3.05, 3.63) is 34.9 Å². The van der Waals surface area contributed by atoms with Crippen LogP contribution in [0.1, 0.15) is 25.3 Å². The molecule has 0 aromatic heterocycles. The summed E-state index contributed by atoms with van der Waals surface area (Å²) in [7, 11) is 0. The molecule has 4 heteroatoms. The minimum Gasteiger partial charge on any atom is -0.387 e. The van der Waals surface area contributed by atoms with Crippen LogP contribution in [0.2, 0.25) is 5.02 Å². The topological polar surface area (TPSA) is 53.1 Å². The Kier molecular flexibility index (Phi) is 3.93. The summed E-state index contributed by atoms with van der Waals surface area (Å²) in [6, 6.07) is 7.97. The Morgan fingerprint density at radius 2 is 2.00 bits per heavy atom. The first kappa shape index (κ1) is 13.4. The van der Waals surface area contributed by atoms with E-state index in [1.54, 1.807) is 0 Å². The number of hydrogen-bond donors (Lipinski definition) is 2. The molecule has 1 saturated heterocycles. The van der Waals surface area contributed by atoms with Crippen molar-refractivity contribution in [3.8, 4) is 0 Å². The van der Waals surface area contributed by atoms with Crippen molar-refractivity contribution < 1.29 is 0 Å². The Balaban J connectivity index is 1.95. The van der Waals surface area contributed by atoms with E-state index in [1.165, 1.54) is 5.56 Å². The van der Waals surface area contributed by atoms with Crippen molar-refractivity contribution in [1.82, 2.24) is 4.90 Å². The zero-order valence-electron chi connectivity index (χ0n) is 10.7. The first-order chi connectivity index (χ1) is 8.51. The summed E-state index contributed by atoms with van der Waals surface area (Å²) in [6.45, 7) is 4.92. The Morgan fingerprint density at radius 3 is 2.56 bits per heavy atom. The summed E-state index contributed by atoms with van der Waals surface area (Å²) < 4.78 is 0. The van der Waals surface area contributed by atoms with Gasteiger partial charge in [0.25, 0.3) is 0 Å². The van der Waals surface area contributed by atoms with Gasteiger partial charge in [0.2, 0.25) is 0 Å². The van der Waals surface area contributed by atoms with Crippen LogP contribution >= 0.6 is 11.6 Å². The maximum Gasteiger partial charge on any atom is 0.0966 e. The van der Waals surface area contributed by atoms with Gasteiger partial charge >= 0.3 is 0 Å². The van der Waals surface area contributed by atoms with Gasteiger partial charge in [-0.1, -0.05) is 36.7 Å². The summed E-state index contributed by atoms with van der Waals surface area (Å²) in [6.07, 6.45) is 1.90. The third-order valence-corrected chi connectivity index (χ3v) is 4.33. The molecule has 0 radical (unpaired) electrons. The second-order valence-electron chi connectivity index (χ2n) is 5.34. The van der Waals surface area contributed by atoms with Crippen molar-refractivity contribution in [2.45, 2.75) is 26.3 Å². The number of piperidine rings is 1. The van der Waals surface area contributed by atoms with Gasteiger partial charge < -0.3 is 5.73 Å². The normalized spacial score (nSPS) is 19.7. The lowest BCUT2D eigenvalue weighted by atomic mass is 9.79. The number of benzene rings is 1. The zero-order chi connectivity index (χ0) is 13.2. The monoisotopic (exact) mass is 265 g/mol. The summed E-state index contributed by atoms with van der Waals surface area (Å²) in [5.41, 5.74) is 6.72. The molecule has 1 fully saturated rings. The third kappa shape index (κ3) is 2.85. The molecule has 0 aliphatic carbocycles. The van der Waals surface area contributed by atoms with Crippen LogP contribution in [-0.2, 0) is 6.54 Å². The van der Waals surface area contributed by atoms with Crippen LogP contribution in [0.25, 0.3) is 0 Å². The van der Waals surface area contributed by atoms with Gasteiger partial charge in [-0.2, -0.15) is 0 Å². The van der Waals surface area contributed by atoms with E-state index in [-0.39, 0.29) is 5.41 Å². The van der Waals surface area contributed by atoms with E-state index in [1.807, 2.05) is 18.2 Å². The summed E-state index contributed by atoms with van der Waals surface area (Å²) >= 11 is 6.17. The van der Waals surface area contributed by atoms with E-state index in [2.05, 4.69) is 17.9 Å². The third-order valence-electron chi connectivity index (χ3n) is 3.96. The molecule has 0 atom stereocenters. The molecule has 2 rings (SSSR count). The van der Waals surface area contributed by atoms with Crippen LogP contribution in [-0.4, -0.2) is 23.8 Å². The van der Waals surface area contributed by atoms with Gasteiger partial charge in [0.05, 0.1) is 5.84 Å². The number of amidine groups is 1. The lowest BCUT2D eigenvalue weighted by Gasteiger charge is -2.38. The second kappa shape index (κ2) is 5.29. The molecule has 1 aliphatic heterocycles. The predicted molar refractivity (Wildman–Crippen MR) is 76.0 cm³/mol. The van der Waals surface area contributed by atoms with Crippen molar-refractivity contribution in [1.29, 1.82) is 5.41 Å². The van der Waals surface area contributed by atoms with E-state index in [0.717, 1.165) is 37.5 Å². The first-order valence-corrected chi connectivity index (χ1v) is 6.69. The number of hydrogen-bond acceptors (Lipinski definition) is 2. The summed E-state index contributed by atoms with van der Waals surface area (Å²) in [5, 5.41) is 8.48. The van der Waals surface area contributed by atoms with E-state index >= 15 is 0 Å². The second-order valence-corrected chi connectivity index (χ2v) is 5.75. The van der Waals surface area contributed by atoms with Gasteiger partial charge in [-0.25, -0.2) is 0 Å². The molecule has 3 N–H and O–H groups in total. The molecular weight excluding hydrogens is 246 g/mol. The van der Waals surface area contributed by atoms with Crippen LogP contribution in [0, 0.1) is 10.8 Å². The molecule has 1 aromatic rings. The van der Waals surface area contributed by atoms with Gasteiger partial charge in [-0.05, 0) is 37.6 Å². The highest BCUT2D eigenvalue weighted by Crippen LogP contribution is 2.31. The minimum absolute atomic E-state index is 0.114. The van der Waals surface area contributed by atoms with Crippen LogP contribution in [0.5, 0.6) is 0 Å². The van der Waals surface area contributed by atoms with Gasteiger partial charge in [-0.15, -0.1) is 0 Å². The standard InChI is InChI=1S/C14H20ClN3/c1-14(13(16)17)6-8-18(9-7-14)10-11-4-2-3-5-12(11)15/h2-5H,6-10H2,1H3,(H3,16,17). The molecule has 98 valence electrons. The quantitative estimate of drug-likeness (QED) is 0.652. The maximum atomic E-state index is 7.64. The average Bonchev–Trinajstić information content (AvgIpc) is 2.35. The molecule has 1 heterocycles. The number of nitrogens with two attached hydrogens (primary N) is 1. The predicted octanol–water partition coefficient (Wildman–Crippen LogP) is 2.88. The van der Waals surface area contributed by atoms with Crippen molar-refractivity contribution >= 4 is 17.4 Å². The fourth-order valence-electron chi connectivity index (χ4n) is 2.34. The SMILES string of the molecule is CC1(C(=N)N)CCN(Cc2ccccc2Cl)CC1. The molecule has 0 amide bonds. The van der Waals surface area contributed by atoms with Crippen LogP contribution in [0.15, 0.2) is 24.3 Å². The van der Waals surface area contributed by atoms with Gasteiger partial charge in [0.1, 0.15) is 0 Å². The fourth-order valence-corrected chi connectivity index (χ4v) is 2.54. The number of nitrogens with one attached hydrogen (secondary N) is 1. The Labute approximate surface area is 113 Å². The summed E-state index contributed by atoms with van der Waals surface area (Å²) in [4.78, 5) is 2.38. The van der Waals surface area contributed by atoms with E-state index < -0.39 is 0 Å². The minimum atomic E-state index is -0.114. The molecule has 1 aliphatic rings. The number of likely N-dealkylation sites (tertiary alicyclic amines) is 1. The maximum absolute atomic E-state index is 7.64. The molecule has 0 spiro atoms. The van der Waals surface area contributed by atoms with Crippen LogP contribution < -0.4 is 5.73 Å². The highest BCUT2D eigenvalue weighted by molar-refractivity contribution is 6.31. The van der Waals surface area contributed by atoms with Gasteiger partial charge in [-0.3, -0.25) is 10.3 Å². The van der Waals surface area contributed by atoms with Gasteiger partial charge in [0.15, 0.2) is 0 Å². The van der Waals surface area contributed by atoms with Crippen LogP contribution in [0.4, 0.5) is 0 Å². The highest BCUT2D eigenvalue weighted by atomic mass is 35.5. The Bertz CT molecular complexity index is 436. The van der Waals surface area contributed by atoms with E-state index in [0.29, 0.717) is 5.84 Å². The van der Waals surface area contributed by atoms with Crippen LogP contribution in [0.3, 0.4) is 0 Å². The number of nitrogens with zero attached hydrogens (tertiary/aromatic N) is 1. The lowest BCUT2D eigenvalue weighted by molar-refractivity contribution is 0.156. The number of halogens is 1. The number of rotatable bonds is 3. The van der Waals surface area contributed by atoms with Crippen molar-refractivity contribution in [3.63, 3.8) is 0 Å². The molecule has 0 bridgehead atoms. The molecule has 0 unspecified atom stereocenters. The molecular formula is C14H20ClN3. The zero-order valence-corrected chi connectivity index (χ0v) is 11.5. The first-order valence-electron chi connectivity index (χ1n) is 6.31. The van der Waals surface area contributed by atoms with Gasteiger partial charge in [0, 0.05) is 17.0 Å². The molecule has 1 aromatic carbocycles. The average molecular weight is 266 g/mol. The lowest BCUT2D eigenvalue weighted by Crippen LogP contribution is -2.44. The largest absolute Gasteiger partial charge is 0.387 e. The van der Waals surface area contributed by atoms with Crippen molar-refractivity contribution in [2.75, 3.05) is 13.1 Å². The summed E-state index contributed by atoms with van der Waals surface area (Å²) in [5.74, 6) is 0.319. The molecule has 18 heavy (non-hydrogen) atoms. The molecule has 0 saturated carbocycles.